The second-order valence-corrected chi connectivity index (χ2v) is 4.62. The summed E-state index contributed by atoms with van der Waals surface area (Å²) >= 11 is 0. The molecule has 1 unspecified atom stereocenters. The predicted molar refractivity (Wildman–Crippen MR) is 60.8 cm³/mol. The monoisotopic (exact) mass is 225 g/mol. The first kappa shape index (κ1) is 11.5. The molecule has 0 aliphatic carbocycles. The molecule has 1 aliphatic heterocycles. The fourth-order valence-electron chi connectivity index (χ4n) is 2.25. The molecule has 1 nitrogen and oxygen atoms in total. The standard InChI is InChI=1S/C13H17F2N/c1-10-3-2-4-11(7-10)8-13(14,15)12-5-6-16-9-12/h2-4,7,12,16H,5-6,8-9H2,1H3. The van der Waals surface area contributed by atoms with Crippen LogP contribution in [0.5, 0.6) is 0 Å². The average Bonchev–Trinajstić information content (AvgIpc) is 2.69. The van der Waals surface area contributed by atoms with E-state index in [9.17, 15) is 8.78 Å². The number of hydrogen-bond acceptors (Lipinski definition) is 1. The molecule has 1 N–H and O–H groups in total. The molecule has 0 bridgehead atoms. The zero-order valence-electron chi connectivity index (χ0n) is 9.47. The maximum absolute atomic E-state index is 13.9. The minimum absolute atomic E-state index is 0.138. The van der Waals surface area contributed by atoms with Crippen molar-refractivity contribution >= 4 is 0 Å². The molecule has 0 aromatic heterocycles. The van der Waals surface area contributed by atoms with Gasteiger partial charge in [0.15, 0.2) is 0 Å². The van der Waals surface area contributed by atoms with Crippen molar-refractivity contribution in [2.45, 2.75) is 25.7 Å². The Morgan fingerprint density at radius 2 is 2.25 bits per heavy atom. The summed E-state index contributed by atoms with van der Waals surface area (Å²) < 4.78 is 27.8. The first-order chi connectivity index (χ1) is 7.58. The summed E-state index contributed by atoms with van der Waals surface area (Å²) in [5, 5.41) is 3.00. The summed E-state index contributed by atoms with van der Waals surface area (Å²) in [5.74, 6) is -3.09. The molecular weight excluding hydrogens is 208 g/mol. The van der Waals surface area contributed by atoms with Crippen LogP contribution in [0.25, 0.3) is 0 Å². The number of benzene rings is 1. The number of halogens is 2. The summed E-state index contributed by atoms with van der Waals surface area (Å²) in [6.45, 7) is 3.09. The summed E-state index contributed by atoms with van der Waals surface area (Å²) in [6, 6.07) is 7.39. The van der Waals surface area contributed by atoms with Crippen LogP contribution in [0.15, 0.2) is 24.3 Å². The van der Waals surface area contributed by atoms with Gasteiger partial charge in [0.2, 0.25) is 0 Å². The summed E-state index contributed by atoms with van der Waals surface area (Å²) in [4.78, 5) is 0. The molecule has 1 saturated heterocycles. The smallest absolute Gasteiger partial charge is 0.256 e. The van der Waals surface area contributed by atoms with Crippen LogP contribution in [-0.2, 0) is 6.42 Å². The molecule has 16 heavy (non-hydrogen) atoms. The molecule has 3 heteroatoms. The fourth-order valence-corrected chi connectivity index (χ4v) is 2.25. The SMILES string of the molecule is Cc1cccc(CC(F)(F)C2CCNC2)c1. The quantitative estimate of drug-likeness (QED) is 0.834. The van der Waals surface area contributed by atoms with Crippen molar-refractivity contribution < 1.29 is 8.78 Å². The first-order valence-corrected chi connectivity index (χ1v) is 5.72. The number of alkyl halides is 2. The second-order valence-electron chi connectivity index (χ2n) is 4.62. The Morgan fingerprint density at radius 1 is 1.44 bits per heavy atom. The molecule has 0 spiro atoms. The van der Waals surface area contributed by atoms with Crippen LogP contribution in [0.4, 0.5) is 8.78 Å². The average molecular weight is 225 g/mol. The van der Waals surface area contributed by atoms with Crippen LogP contribution >= 0.6 is 0 Å². The Hall–Kier alpha value is -0.960. The Kier molecular flexibility index (Phi) is 3.24. The molecule has 0 saturated carbocycles. The third-order valence-corrected chi connectivity index (χ3v) is 3.18. The van der Waals surface area contributed by atoms with E-state index < -0.39 is 11.8 Å². The fraction of sp³-hybridized carbons (Fsp3) is 0.538. The van der Waals surface area contributed by atoms with Gasteiger partial charge in [-0.1, -0.05) is 29.8 Å². The van der Waals surface area contributed by atoms with Crippen molar-refractivity contribution in [3.63, 3.8) is 0 Å². The maximum atomic E-state index is 13.9. The molecule has 1 heterocycles. The minimum Gasteiger partial charge on any atom is -0.316 e. The van der Waals surface area contributed by atoms with E-state index in [-0.39, 0.29) is 6.42 Å². The highest BCUT2D eigenvalue weighted by atomic mass is 19.3. The molecule has 1 fully saturated rings. The van der Waals surface area contributed by atoms with Crippen LogP contribution in [0.2, 0.25) is 0 Å². The Bertz CT molecular complexity index is 357. The van der Waals surface area contributed by atoms with E-state index in [1.54, 1.807) is 6.07 Å². The minimum atomic E-state index is -2.59. The predicted octanol–water partition coefficient (Wildman–Crippen LogP) is 2.78. The van der Waals surface area contributed by atoms with E-state index in [0.717, 1.165) is 11.1 Å². The van der Waals surface area contributed by atoms with E-state index in [4.69, 9.17) is 0 Å². The second kappa shape index (κ2) is 4.50. The molecular formula is C13H17F2N. The van der Waals surface area contributed by atoms with Crippen molar-refractivity contribution in [1.29, 1.82) is 0 Å². The summed E-state index contributed by atoms with van der Waals surface area (Å²) in [7, 11) is 0. The molecule has 1 aromatic carbocycles. The lowest BCUT2D eigenvalue weighted by Crippen LogP contribution is -2.32. The number of hydrogen-bond donors (Lipinski definition) is 1. The molecule has 2 rings (SSSR count). The van der Waals surface area contributed by atoms with Crippen molar-refractivity contribution in [2.75, 3.05) is 13.1 Å². The zero-order chi connectivity index (χ0) is 11.6. The summed E-state index contributed by atoms with van der Waals surface area (Å²) in [6.07, 6.45) is 0.444. The third-order valence-electron chi connectivity index (χ3n) is 3.18. The van der Waals surface area contributed by atoms with Gasteiger partial charge in [-0.25, -0.2) is 8.78 Å². The van der Waals surface area contributed by atoms with Gasteiger partial charge in [0.1, 0.15) is 0 Å². The topological polar surface area (TPSA) is 12.0 Å². The van der Waals surface area contributed by atoms with Crippen molar-refractivity contribution in [1.82, 2.24) is 5.32 Å². The van der Waals surface area contributed by atoms with Gasteiger partial charge in [0, 0.05) is 18.9 Å². The van der Waals surface area contributed by atoms with Crippen LogP contribution in [-0.4, -0.2) is 19.0 Å². The Labute approximate surface area is 94.9 Å². The highest BCUT2D eigenvalue weighted by molar-refractivity contribution is 5.23. The molecule has 1 aromatic rings. The number of aryl methyl sites for hydroxylation is 1. The van der Waals surface area contributed by atoms with Crippen molar-refractivity contribution in [3.8, 4) is 0 Å². The van der Waals surface area contributed by atoms with Gasteiger partial charge in [-0.05, 0) is 25.5 Å². The van der Waals surface area contributed by atoms with Gasteiger partial charge in [-0.15, -0.1) is 0 Å². The normalized spacial score (nSPS) is 21.3. The van der Waals surface area contributed by atoms with Gasteiger partial charge in [0.25, 0.3) is 5.92 Å². The molecule has 1 atom stereocenters. The maximum Gasteiger partial charge on any atom is 0.256 e. The first-order valence-electron chi connectivity index (χ1n) is 5.72. The van der Waals surface area contributed by atoms with Gasteiger partial charge >= 0.3 is 0 Å². The van der Waals surface area contributed by atoms with E-state index in [2.05, 4.69) is 5.32 Å². The zero-order valence-corrected chi connectivity index (χ0v) is 9.47. The molecule has 0 radical (unpaired) electrons. The molecule has 1 aliphatic rings. The lowest BCUT2D eigenvalue weighted by Gasteiger charge is -2.22. The van der Waals surface area contributed by atoms with E-state index in [1.165, 1.54) is 0 Å². The van der Waals surface area contributed by atoms with Crippen LogP contribution in [0, 0.1) is 12.8 Å². The summed E-state index contributed by atoms with van der Waals surface area (Å²) in [5.41, 5.74) is 1.77. The lowest BCUT2D eigenvalue weighted by molar-refractivity contribution is -0.0499. The Balaban J connectivity index is 2.07. The van der Waals surface area contributed by atoms with Crippen LogP contribution in [0.1, 0.15) is 17.5 Å². The number of nitrogens with one attached hydrogen (secondary N) is 1. The molecule has 88 valence electrons. The van der Waals surface area contributed by atoms with Crippen molar-refractivity contribution in [2.24, 2.45) is 5.92 Å². The van der Waals surface area contributed by atoms with Gasteiger partial charge in [0.05, 0.1) is 0 Å². The van der Waals surface area contributed by atoms with Crippen molar-refractivity contribution in [3.05, 3.63) is 35.4 Å². The van der Waals surface area contributed by atoms with Gasteiger partial charge < -0.3 is 5.32 Å². The highest BCUT2D eigenvalue weighted by Crippen LogP contribution is 2.32. The van der Waals surface area contributed by atoms with Crippen LogP contribution < -0.4 is 5.32 Å². The van der Waals surface area contributed by atoms with Gasteiger partial charge in [-0.3, -0.25) is 0 Å². The third kappa shape index (κ3) is 2.59. The number of rotatable bonds is 3. The molecule has 0 amide bonds. The lowest BCUT2D eigenvalue weighted by atomic mass is 9.94. The largest absolute Gasteiger partial charge is 0.316 e. The van der Waals surface area contributed by atoms with E-state index in [0.29, 0.717) is 19.5 Å². The van der Waals surface area contributed by atoms with Crippen LogP contribution in [0.3, 0.4) is 0 Å². The van der Waals surface area contributed by atoms with Gasteiger partial charge in [-0.2, -0.15) is 0 Å². The Morgan fingerprint density at radius 3 is 2.88 bits per heavy atom. The highest BCUT2D eigenvalue weighted by Gasteiger charge is 2.40. The van der Waals surface area contributed by atoms with E-state index in [1.807, 2.05) is 25.1 Å². The van der Waals surface area contributed by atoms with E-state index >= 15 is 0 Å².